The van der Waals surface area contributed by atoms with Gasteiger partial charge in [0.15, 0.2) is 0 Å². The minimum atomic E-state index is -0.534. The highest BCUT2D eigenvalue weighted by atomic mass is 16.6. The van der Waals surface area contributed by atoms with E-state index in [1.54, 1.807) is 6.07 Å². The van der Waals surface area contributed by atoms with Crippen LogP contribution in [-0.2, 0) is 16.0 Å². The molecule has 0 spiro atoms. The predicted octanol–water partition coefficient (Wildman–Crippen LogP) is 3.34. The van der Waals surface area contributed by atoms with Crippen LogP contribution in [0.3, 0.4) is 0 Å². The van der Waals surface area contributed by atoms with Gasteiger partial charge in [-0.1, -0.05) is 6.07 Å². The van der Waals surface area contributed by atoms with Gasteiger partial charge in [-0.3, -0.25) is 5.32 Å². The molecule has 6 heteroatoms. The molecule has 1 atom stereocenters. The van der Waals surface area contributed by atoms with Crippen LogP contribution < -0.4 is 5.32 Å². The first-order chi connectivity index (χ1) is 10.7. The van der Waals surface area contributed by atoms with Crippen molar-refractivity contribution in [1.82, 2.24) is 9.88 Å². The Balaban J connectivity index is 2.16. The molecule has 1 aliphatic heterocycles. The number of carbonyl (C=O) groups is 1. The van der Waals surface area contributed by atoms with Crippen LogP contribution in [0.1, 0.15) is 51.0 Å². The van der Waals surface area contributed by atoms with Gasteiger partial charge in [0.25, 0.3) is 0 Å². The van der Waals surface area contributed by atoms with Crippen molar-refractivity contribution in [3.63, 3.8) is 0 Å². The third-order valence-electron chi connectivity index (χ3n) is 3.38. The van der Waals surface area contributed by atoms with Gasteiger partial charge in [-0.2, -0.15) is 0 Å². The molecule has 1 unspecified atom stereocenters. The van der Waals surface area contributed by atoms with Gasteiger partial charge >= 0.3 is 6.09 Å². The standard InChI is InChI=1S/C17H27N3O3/c1-17(2,3)23-16(21)19-15-9-8-12(14-7-6-10-22-14)13(18-15)11-20(4)5/h8-9,14H,6-7,10-11H2,1-5H3,(H,18,19,21). The average Bonchev–Trinajstić information content (AvgIpc) is 2.89. The Kier molecular flexibility index (Phi) is 5.59. The number of carbonyl (C=O) groups excluding carboxylic acids is 1. The summed E-state index contributed by atoms with van der Waals surface area (Å²) in [5, 5.41) is 2.70. The van der Waals surface area contributed by atoms with Gasteiger partial charge in [0.05, 0.1) is 11.8 Å². The molecule has 1 amide bonds. The summed E-state index contributed by atoms with van der Waals surface area (Å²) in [6.07, 6.45) is 1.70. The third kappa shape index (κ3) is 5.48. The van der Waals surface area contributed by atoms with Crippen LogP contribution in [0.4, 0.5) is 10.6 Å². The van der Waals surface area contributed by atoms with Gasteiger partial charge in [0.1, 0.15) is 11.4 Å². The van der Waals surface area contributed by atoms with E-state index in [9.17, 15) is 4.79 Å². The SMILES string of the molecule is CN(C)Cc1nc(NC(=O)OC(C)(C)C)ccc1C1CCCO1. The van der Waals surface area contributed by atoms with E-state index < -0.39 is 11.7 Å². The Hall–Kier alpha value is -1.66. The van der Waals surface area contributed by atoms with Crippen LogP contribution in [0.25, 0.3) is 0 Å². The number of hydrogen-bond donors (Lipinski definition) is 1. The Morgan fingerprint density at radius 1 is 1.43 bits per heavy atom. The highest BCUT2D eigenvalue weighted by molar-refractivity contribution is 5.83. The summed E-state index contributed by atoms with van der Waals surface area (Å²) in [5.41, 5.74) is 1.50. The average molecular weight is 321 g/mol. The summed E-state index contributed by atoms with van der Waals surface area (Å²) < 4.78 is 11.0. The summed E-state index contributed by atoms with van der Waals surface area (Å²) in [6, 6.07) is 3.80. The van der Waals surface area contributed by atoms with Crippen LogP contribution in [0, 0.1) is 0 Å². The molecule has 0 aliphatic carbocycles. The molecule has 128 valence electrons. The molecule has 2 rings (SSSR count). The maximum atomic E-state index is 11.9. The van der Waals surface area contributed by atoms with E-state index in [0.717, 1.165) is 30.7 Å². The smallest absolute Gasteiger partial charge is 0.413 e. The number of anilines is 1. The lowest BCUT2D eigenvalue weighted by Gasteiger charge is -2.21. The van der Waals surface area contributed by atoms with Crippen LogP contribution in [0.2, 0.25) is 0 Å². The highest BCUT2D eigenvalue weighted by Crippen LogP contribution is 2.31. The summed E-state index contributed by atoms with van der Waals surface area (Å²) >= 11 is 0. The fraction of sp³-hybridized carbons (Fsp3) is 0.647. The largest absolute Gasteiger partial charge is 0.444 e. The summed E-state index contributed by atoms with van der Waals surface area (Å²) in [7, 11) is 3.99. The number of rotatable bonds is 4. The molecule has 6 nitrogen and oxygen atoms in total. The van der Waals surface area contributed by atoms with Crippen molar-refractivity contribution in [2.45, 2.75) is 51.9 Å². The van der Waals surface area contributed by atoms with Crippen molar-refractivity contribution in [3.05, 3.63) is 23.4 Å². The number of pyridine rings is 1. The fourth-order valence-electron chi connectivity index (χ4n) is 2.53. The van der Waals surface area contributed by atoms with E-state index >= 15 is 0 Å². The van der Waals surface area contributed by atoms with E-state index in [-0.39, 0.29) is 6.10 Å². The molecule has 0 saturated carbocycles. The molecular weight excluding hydrogens is 294 g/mol. The Labute approximate surface area is 138 Å². The maximum absolute atomic E-state index is 11.9. The first-order valence-electron chi connectivity index (χ1n) is 8.01. The number of nitrogens with zero attached hydrogens (tertiary/aromatic N) is 2. The summed E-state index contributed by atoms with van der Waals surface area (Å²) in [6.45, 7) is 6.98. The monoisotopic (exact) mass is 321 g/mol. The number of hydrogen-bond acceptors (Lipinski definition) is 5. The van der Waals surface area contributed by atoms with Gasteiger partial charge in [-0.25, -0.2) is 9.78 Å². The van der Waals surface area contributed by atoms with Crippen molar-refractivity contribution in [1.29, 1.82) is 0 Å². The van der Waals surface area contributed by atoms with Gasteiger partial charge in [-0.15, -0.1) is 0 Å². The second-order valence-electron chi connectivity index (χ2n) is 7.10. The van der Waals surface area contributed by atoms with Crippen LogP contribution >= 0.6 is 0 Å². The Morgan fingerprint density at radius 2 is 2.17 bits per heavy atom. The molecule has 1 aromatic heterocycles. The number of aromatic nitrogens is 1. The van der Waals surface area contributed by atoms with E-state index in [1.165, 1.54) is 0 Å². The van der Waals surface area contributed by atoms with Crippen LogP contribution in [0.5, 0.6) is 0 Å². The molecule has 0 aromatic carbocycles. The lowest BCUT2D eigenvalue weighted by Crippen LogP contribution is -2.27. The third-order valence-corrected chi connectivity index (χ3v) is 3.38. The van der Waals surface area contributed by atoms with Crippen molar-refractivity contribution in [2.75, 3.05) is 26.0 Å². The second kappa shape index (κ2) is 7.27. The minimum Gasteiger partial charge on any atom is -0.444 e. The Morgan fingerprint density at radius 3 is 2.74 bits per heavy atom. The van der Waals surface area contributed by atoms with Gasteiger partial charge in [0.2, 0.25) is 0 Å². The molecular formula is C17H27N3O3. The minimum absolute atomic E-state index is 0.105. The lowest BCUT2D eigenvalue weighted by atomic mass is 10.0. The lowest BCUT2D eigenvalue weighted by molar-refractivity contribution is 0.0635. The molecule has 0 bridgehead atoms. The van der Waals surface area contributed by atoms with E-state index in [4.69, 9.17) is 9.47 Å². The molecule has 1 N–H and O–H groups in total. The van der Waals surface area contributed by atoms with Crippen molar-refractivity contribution >= 4 is 11.9 Å². The summed E-state index contributed by atoms with van der Waals surface area (Å²) in [4.78, 5) is 18.5. The first kappa shape index (κ1) is 17.7. The molecule has 1 fully saturated rings. The number of nitrogens with one attached hydrogen (secondary N) is 1. The zero-order valence-electron chi connectivity index (χ0n) is 14.7. The molecule has 23 heavy (non-hydrogen) atoms. The zero-order valence-corrected chi connectivity index (χ0v) is 14.7. The first-order valence-corrected chi connectivity index (χ1v) is 8.01. The van der Waals surface area contributed by atoms with Gasteiger partial charge in [-0.05, 0) is 53.8 Å². The number of amides is 1. The number of ether oxygens (including phenoxy) is 2. The Bertz CT molecular complexity index is 547. The topological polar surface area (TPSA) is 63.7 Å². The van der Waals surface area contributed by atoms with Crippen molar-refractivity contribution < 1.29 is 14.3 Å². The molecule has 1 saturated heterocycles. The highest BCUT2D eigenvalue weighted by Gasteiger charge is 2.23. The second-order valence-corrected chi connectivity index (χ2v) is 7.10. The van der Waals surface area contributed by atoms with E-state index in [2.05, 4.69) is 15.2 Å². The van der Waals surface area contributed by atoms with Gasteiger partial charge in [0, 0.05) is 18.7 Å². The molecule has 1 aromatic rings. The molecule has 1 aliphatic rings. The van der Waals surface area contributed by atoms with Crippen LogP contribution in [0.15, 0.2) is 12.1 Å². The quantitative estimate of drug-likeness (QED) is 0.921. The maximum Gasteiger partial charge on any atom is 0.413 e. The van der Waals surface area contributed by atoms with Crippen molar-refractivity contribution in [2.24, 2.45) is 0 Å². The normalized spacial score (nSPS) is 18.3. The van der Waals surface area contributed by atoms with Gasteiger partial charge < -0.3 is 14.4 Å². The van der Waals surface area contributed by atoms with E-state index in [0.29, 0.717) is 12.4 Å². The molecule has 2 heterocycles. The predicted molar refractivity (Wildman–Crippen MR) is 89.4 cm³/mol. The van der Waals surface area contributed by atoms with E-state index in [1.807, 2.05) is 40.9 Å². The fourth-order valence-corrected chi connectivity index (χ4v) is 2.53. The van der Waals surface area contributed by atoms with Crippen LogP contribution in [-0.4, -0.2) is 42.3 Å². The molecule has 0 radical (unpaired) electrons. The zero-order chi connectivity index (χ0) is 17.0. The summed E-state index contributed by atoms with van der Waals surface area (Å²) in [5.74, 6) is 0.498. The van der Waals surface area contributed by atoms with Crippen molar-refractivity contribution in [3.8, 4) is 0 Å².